The van der Waals surface area contributed by atoms with Crippen LogP contribution in [-0.2, 0) is 6.54 Å². The Labute approximate surface area is 123 Å². The SMILES string of the molecule is COc1ccc(C[N+](C)(C)C2CCCCC2)cc1OC. The van der Waals surface area contributed by atoms with E-state index in [0.717, 1.165) is 28.6 Å². The fourth-order valence-corrected chi connectivity index (χ4v) is 3.36. The summed E-state index contributed by atoms with van der Waals surface area (Å²) in [4.78, 5) is 0. The van der Waals surface area contributed by atoms with E-state index < -0.39 is 0 Å². The van der Waals surface area contributed by atoms with Gasteiger partial charge in [-0.2, -0.15) is 0 Å². The lowest BCUT2D eigenvalue weighted by atomic mass is 9.92. The number of quaternary nitrogens is 1. The van der Waals surface area contributed by atoms with Crippen molar-refractivity contribution in [2.24, 2.45) is 0 Å². The first kappa shape index (κ1) is 15.2. The number of benzene rings is 1. The Morgan fingerprint density at radius 2 is 1.65 bits per heavy atom. The van der Waals surface area contributed by atoms with Crippen LogP contribution in [0.15, 0.2) is 18.2 Å². The van der Waals surface area contributed by atoms with Gasteiger partial charge in [-0.1, -0.05) is 6.42 Å². The zero-order chi connectivity index (χ0) is 14.6. The van der Waals surface area contributed by atoms with E-state index >= 15 is 0 Å². The molecule has 1 aromatic carbocycles. The quantitative estimate of drug-likeness (QED) is 0.766. The summed E-state index contributed by atoms with van der Waals surface area (Å²) in [5.41, 5.74) is 1.32. The molecular weight excluding hydrogens is 250 g/mol. The van der Waals surface area contributed by atoms with Crippen molar-refractivity contribution in [2.75, 3.05) is 28.3 Å². The summed E-state index contributed by atoms with van der Waals surface area (Å²) in [6.45, 7) is 1.05. The van der Waals surface area contributed by atoms with Crippen molar-refractivity contribution >= 4 is 0 Å². The van der Waals surface area contributed by atoms with Crippen molar-refractivity contribution in [1.82, 2.24) is 0 Å². The lowest BCUT2D eigenvalue weighted by molar-refractivity contribution is -0.929. The number of hydrogen-bond donors (Lipinski definition) is 0. The minimum Gasteiger partial charge on any atom is -0.493 e. The second kappa shape index (κ2) is 6.49. The number of ether oxygens (including phenoxy) is 2. The zero-order valence-electron chi connectivity index (χ0n) is 13.3. The van der Waals surface area contributed by atoms with Crippen molar-refractivity contribution in [3.8, 4) is 11.5 Å². The highest BCUT2D eigenvalue weighted by atomic mass is 16.5. The molecule has 2 rings (SSSR count). The molecule has 0 saturated heterocycles. The van der Waals surface area contributed by atoms with Crippen LogP contribution in [0.5, 0.6) is 11.5 Å². The third-order valence-corrected chi connectivity index (χ3v) is 4.60. The van der Waals surface area contributed by atoms with Crippen LogP contribution in [0.1, 0.15) is 37.7 Å². The first-order valence-electron chi connectivity index (χ1n) is 7.60. The van der Waals surface area contributed by atoms with Crippen LogP contribution in [0.3, 0.4) is 0 Å². The summed E-state index contributed by atoms with van der Waals surface area (Å²) in [6.07, 6.45) is 6.91. The second-order valence-corrected chi connectivity index (χ2v) is 6.42. The van der Waals surface area contributed by atoms with Gasteiger partial charge in [0.25, 0.3) is 0 Å². The molecular formula is C17H28NO2+. The molecule has 20 heavy (non-hydrogen) atoms. The van der Waals surface area contributed by atoms with E-state index in [1.54, 1.807) is 14.2 Å². The minimum absolute atomic E-state index is 0.789. The van der Waals surface area contributed by atoms with Crippen molar-refractivity contribution in [1.29, 1.82) is 0 Å². The molecule has 0 unspecified atom stereocenters. The predicted molar refractivity (Wildman–Crippen MR) is 82.2 cm³/mol. The van der Waals surface area contributed by atoms with E-state index in [4.69, 9.17) is 9.47 Å². The van der Waals surface area contributed by atoms with E-state index in [9.17, 15) is 0 Å². The number of methoxy groups -OCH3 is 2. The molecule has 0 aliphatic heterocycles. The fourth-order valence-electron chi connectivity index (χ4n) is 3.36. The molecule has 3 heteroatoms. The predicted octanol–water partition coefficient (Wildman–Crippen LogP) is 3.61. The first-order valence-corrected chi connectivity index (χ1v) is 7.60. The maximum atomic E-state index is 5.40. The molecule has 0 bridgehead atoms. The lowest BCUT2D eigenvalue weighted by Gasteiger charge is -2.40. The summed E-state index contributed by atoms with van der Waals surface area (Å²) in [6, 6.07) is 7.07. The van der Waals surface area contributed by atoms with Gasteiger partial charge in [-0.25, -0.2) is 0 Å². The summed E-state index contributed by atoms with van der Waals surface area (Å²) in [5.74, 6) is 1.63. The Morgan fingerprint density at radius 1 is 1.00 bits per heavy atom. The van der Waals surface area contributed by atoms with Crippen LogP contribution < -0.4 is 9.47 Å². The summed E-state index contributed by atoms with van der Waals surface area (Å²) in [7, 11) is 8.09. The Balaban J connectivity index is 2.11. The topological polar surface area (TPSA) is 18.5 Å². The van der Waals surface area contributed by atoms with Crippen LogP contribution in [0, 0.1) is 0 Å². The third-order valence-electron chi connectivity index (χ3n) is 4.60. The van der Waals surface area contributed by atoms with E-state index in [-0.39, 0.29) is 0 Å². The molecule has 3 nitrogen and oxygen atoms in total. The molecule has 0 amide bonds. The zero-order valence-corrected chi connectivity index (χ0v) is 13.3. The molecule has 1 saturated carbocycles. The normalized spacial score (nSPS) is 17.0. The van der Waals surface area contributed by atoms with Crippen molar-refractivity contribution in [2.45, 2.75) is 44.7 Å². The molecule has 0 radical (unpaired) electrons. The Morgan fingerprint density at radius 3 is 2.25 bits per heavy atom. The van der Waals surface area contributed by atoms with Crippen LogP contribution >= 0.6 is 0 Å². The van der Waals surface area contributed by atoms with Gasteiger partial charge in [0.1, 0.15) is 6.54 Å². The van der Waals surface area contributed by atoms with Gasteiger partial charge in [-0.15, -0.1) is 0 Å². The monoisotopic (exact) mass is 278 g/mol. The smallest absolute Gasteiger partial charge is 0.161 e. The molecule has 0 atom stereocenters. The number of hydrogen-bond acceptors (Lipinski definition) is 2. The summed E-state index contributed by atoms with van der Waals surface area (Å²) >= 11 is 0. The van der Waals surface area contributed by atoms with Crippen LogP contribution in [0.25, 0.3) is 0 Å². The summed E-state index contributed by atoms with van der Waals surface area (Å²) in [5, 5.41) is 0. The highest BCUT2D eigenvalue weighted by Gasteiger charge is 2.30. The van der Waals surface area contributed by atoms with Gasteiger partial charge >= 0.3 is 0 Å². The Hall–Kier alpha value is -1.22. The third kappa shape index (κ3) is 3.45. The minimum atomic E-state index is 0.789. The largest absolute Gasteiger partial charge is 0.493 e. The van der Waals surface area contributed by atoms with Crippen molar-refractivity contribution in [3.63, 3.8) is 0 Å². The van der Waals surface area contributed by atoms with Gasteiger partial charge < -0.3 is 14.0 Å². The van der Waals surface area contributed by atoms with Crippen molar-refractivity contribution < 1.29 is 14.0 Å². The fraction of sp³-hybridized carbons (Fsp3) is 0.647. The molecule has 1 aromatic rings. The van der Waals surface area contributed by atoms with E-state index in [2.05, 4.69) is 26.2 Å². The molecule has 112 valence electrons. The Kier molecular flexibility index (Phi) is 4.92. The maximum Gasteiger partial charge on any atom is 0.161 e. The number of nitrogens with zero attached hydrogens (tertiary/aromatic N) is 1. The van der Waals surface area contributed by atoms with Crippen LogP contribution in [0.4, 0.5) is 0 Å². The van der Waals surface area contributed by atoms with Gasteiger partial charge in [0.05, 0.1) is 34.4 Å². The van der Waals surface area contributed by atoms with Gasteiger partial charge in [-0.05, 0) is 43.9 Å². The lowest BCUT2D eigenvalue weighted by Crippen LogP contribution is -2.48. The van der Waals surface area contributed by atoms with Crippen molar-refractivity contribution in [3.05, 3.63) is 23.8 Å². The van der Waals surface area contributed by atoms with Gasteiger partial charge in [0.2, 0.25) is 0 Å². The molecule has 0 aromatic heterocycles. The molecule has 1 aliphatic rings. The molecule has 0 heterocycles. The summed E-state index contributed by atoms with van der Waals surface area (Å²) < 4.78 is 11.8. The average Bonchev–Trinajstić information content (AvgIpc) is 2.47. The maximum absolute atomic E-state index is 5.40. The molecule has 1 aliphatic carbocycles. The van der Waals surface area contributed by atoms with Gasteiger partial charge in [0, 0.05) is 5.56 Å². The molecule has 1 fully saturated rings. The van der Waals surface area contributed by atoms with E-state index in [0.29, 0.717) is 0 Å². The Bertz CT molecular complexity index is 437. The average molecular weight is 278 g/mol. The van der Waals surface area contributed by atoms with E-state index in [1.807, 2.05) is 6.07 Å². The van der Waals surface area contributed by atoms with Gasteiger partial charge in [-0.3, -0.25) is 0 Å². The van der Waals surface area contributed by atoms with E-state index in [1.165, 1.54) is 37.7 Å². The van der Waals surface area contributed by atoms with Crippen LogP contribution in [0.2, 0.25) is 0 Å². The molecule has 0 N–H and O–H groups in total. The highest BCUT2D eigenvalue weighted by molar-refractivity contribution is 5.42. The molecule has 0 spiro atoms. The highest BCUT2D eigenvalue weighted by Crippen LogP contribution is 2.31. The second-order valence-electron chi connectivity index (χ2n) is 6.42. The first-order chi connectivity index (χ1) is 9.56. The van der Waals surface area contributed by atoms with Gasteiger partial charge in [0.15, 0.2) is 11.5 Å². The standard InChI is InChI=1S/C17H28NO2/c1-18(2,15-8-6-5-7-9-15)13-14-10-11-16(19-3)17(12-14)20-4/h10-12,15H,5-9,13H2,1-4H3/q+1. The number of rotatable bonds is 5. The van der Waals surface area contributed by atoms with Crippen LogP contribution in [-0.4, -0.2) is 38.8 Å².